The van der Waals surface area contributed by atoms with Gasteiger partial charge in [0.1, 0.15) is 5.02 Å². The van der Waals surface area contributed by atoms with Crippen molar-refractivity contribution >= 4 is 46.4 Å². The van der Waals surface area contributed by atoms with Crippen molar-refractivity contribution in [2.75, 3.05) is 6.61 Å². The fraction of sp³-hybridized carbons (Fsp3) is 0.538. The molecular weight excluding hydrogens is 314 g/mol. The Morgan fingerprint density at radius 2 is 1.56 bits per heavy atom. The molecule has 0 fully saturated rings. The minimum Gasteiger partial charge on any atom is -0.490 e. The summed E-state index contributed by atoms with van der Waals surface area (Å²) in [5, 5.41) is 1.29. The molecule has 18 heavy (non-hydrogen) atoms. The van der Waals surface area contributed by atoms with Crippen LogP contribution in [-0.4, -0.2) is 6.61 Å². The van der Waals surface area contributed by atoms with E-state index in [1.54, 1.807) is 6.07 Å². The van der Waals surface area contributed by atoms with Crippen LogP contribution in [0.4, 0.5) is 0 Å². The van der Waals surface area contributed by atoms with Crippen LogP contribution >= 0.6 is 46.4 Å². The molecule has 0 unspecified atom stereocenters. The highest BCUT2D eigenvalue weighted by molar-refractivity contribution is 6.50. The van der Waals surface area contributed by atoms with E-state index in [1.165, 1.54) is 19.3 Å². The highest BCUT2D eigenvalue weighted by Gasteiger charge is 2.14. The summed E-state index contributed by atoms with van der Waals surface area (Å²) < 4.78 is 5.58. The largest absolute Gasteiger partial charge is 0.490 e. The van der Waals surface area contributed by atoms with Gasteiger partial charge in [0, 0.05) is 0 Å². The quantitative estimate of drug-likeness (QED) is 0.309. The Morgan fingerprint density at radius 1 is 0.889 bits per heavy atom. The van der Waals surface area contributed by atoms with Gasteiger partial charge >= 0.3 is 0 Å². The lowest BCUT2D eigenvalue weighted by Gasteiger charge is -2.11. The molecule has 0 aromatic heterocycles. The zero-order valence-corrected chi connectivity index (χ0v) is 13.3. The lowest BCUT2D eigenvalue weighted by atomic mass is 10.2. The maximum Gasteiger partial charge on any atom is 0.158 e. The molecule has 0 saturated carbocycles. The Kier molecular flexibility index (Phi) is 7.55. The van der Waals surface area contributed by atoms with Gasteiger partial charge in [-0.25, -0.2) is 0 Å². The fourth-order valence-electron chi connectivity index (χ4n) is 1.56. The van der Waals surface area contributed by atoms with E-state index in [1.807, 2.05) is 0 Å². The first kappa shape index (κ1) is 16.2. The number of hydrogen-bond acceptors (Lipinski definition) is 1. The van der Waals surface area contributed by atoms with Gasteiger partial charge in [-0.05, 0) is 12.5 Å². The molecule has 0 atom stereocenters. The van der Waals surface area contributed by atoms with Gasteiger partial charge in [0.05, 0.1) is 21.7 Å². The third-order valence-electron chi connectivity index (χ3n) is 2.57. The molecule has 0 radical (unpaired) electrons. The molecule has 1 aromatic rings. The van der Waals surface area contributed by atoms with Crippen molar-refractivity contribution in [1.82, 2.24) is 0 Å². The Balaban J connectivity index is 2.50. The standard InChI is InChI=1S/C13H16Cl4O/c1-2-3-4-5-6-7-18-13-10(15)8-9(14)11(16)12(13)17/h8H,2-7H2,1H3. The van der Waals surface area contributed by atoms with Crippen LogP contribution in [0.15, 0.2) is 6.07 Å². The first-order valence-corrected chi connectivity index (χ1v) is 7.55. The van der Waals surface area contributed by atoms with Crippen LogP contribution in [-0.2, 0) is 0 Å². The van der Waals surface area contributed by atoms with Gasteiger partial charge in [0.15, 0.2) is 5.75 Å². The predicted octanol–water partition coefficient (Wildman–Crippen LogP) is 6.65. The second kappa shape index (κ2) is 8.37. The number of hydrogen-bond donors (Lipinski definition) is 0. The number of rotatable bonds is 7. The smallest absolute Gasteiger partial charge is 0.158 e. The number of benzene rings is 1. The van der Waals surface area contributed by atoms with Crippen molar-refractivity contribution in [3.05, 3.63) is 26.2 Å². The highest BCUT2D eigenvalue weighted by Crippen LogP contribution is 2.42. The Hall–Kier alpha value is 0.180. The van der Waals surface area contributed by atoms with Crippen LogP contribution in [0.3, 0.4) is 0 Å². The highest BCUT2D eigenvalue weighted by atomic mass is 35.5. The molecule has 0 spiro atoms. The van der Waals surface area contributed by atoms with Crippen LogP contribution in [0, 0.1) is 0 Å². The fourth-order valence-corrected chi connectivity index (χ4v) is 2.57. The van der Waals surface area contributed by atoms with Crippen molar-refractivity contribution in [3.63, 3.8) is 0 Å². The number of unbranched alkanes of at least 4 members (excludes halogenated alkanes) is 4. The maximum atomic E-state index is 6.04. The van der Waals surface area contributed by atoms with Crippen molar-refractivity contribution in [2.45, 2.75) is 39.0 Å². The van der Waals surface area contributed by atoms with E-state index in [-0.39, 0.29) is 10.0 Å². The molecule has 0 amide bonds. The summed E-state index contributed by atoms with van der Waals surface area (Å²) in [6.45, 7) is 2.77. The second-order valence-corrected chi connectivity index (χ2v) is 5.63. The van der Waals surface area contributed by atoms with Crippen LogP contribution in [0.2, 0.25) is 20.1 Å². The van der Waals surface area contributed by atoms with Crippen LogP contribution < -0.4 is 4.74 Å². The molecule has 0 bridgehead atoms. The minimum absolute atomic E-state index is 0.280. The van der Waals surface area contributed by atoms with Gasteiger partial charge in [-0.2, -0.15) is 0 Å². The lowest BCUT2D eigenvalue weighted by molar-refractivity contribution is 0.305. The van der Waals surface area contributed by atoms with E-state index in [4.69, 9.17) is 51.1 Å². The molecule has 0 aliphatic carbocycles. The summed E-state index contributed by atoms with van der Waals surface area (Å²) in [5.41, 5.74) is 0. The minimum atomic E-state index is 0.280. The average molecular weight is 330 g/mol. The van der Waals surface area contributed by atoms with Gasteiger partial charge in [0.25, 0.3) is 0 Å². The summed E-state index contributed by atoms with van der Waals surface area (Å²) in [6.07, 6.45) is 5.83. The van der Waals surface area contributed by atoms with E-state index in [0.29, 0.717) is 22.4 Å². The van der Waals surface area contributed by atoms with E-state index in [2.05, 4.69) is 6.92 Å². The monoisotopic (exact) mass is 328 g/mol. The van der Waals surface area contributed by atoms with Crippen LogP contribution in [0.25, 0.3) is 0 Å². The molecular formula is C13H16Cl4O. The van der Waals surface area contributed by atoms with Gasteiger partial charge < -0.3 is 4.74 Å². The lowest BCUT2D eigenvalue weighted by Crippen LogP contribution is -1.99. The molecule has 1 rings (SSSR count). The molecule has 0 aliphatic heterocycles. The van der Waals surface area contributed by atoms with Gasteiger partial charge in [-0.3, -0.25) is 0 Å². The van der Waals surface area contributed by atoms with E-state index in [0.717, 1.165) is 12.8 Å². The van der Waals surface area contributed by atoms with Crippen molar-refractivity contribution in [2.24, 2.45) is 0 Å². The summed E-state index contributed by atoms with van der Waals surface area (Å²) in [5.74, 6) is 0.420. The molecule has 5 heteroatoms. The zero-order chi connectivity index (χ0) is 13.5. The Bertz CT molecular complexity index is 393. The third kappa shape index (κ3) is 4.70. The maximum absolute atomic E-state index is 6.04. The zero-order valence-electron chi connectivity index (χ0n) is 10.2. The first-order valence-electron chi connectivity index (χ1n) is 6.03. The predicted molar refractivity (Wildman–Crippen MR) is 80.7 cm³/mol. The molecule has 102 valence electrons. The Labute approximate surface area is 128 Å². The molecule has 1 nitrogen and oxygen atoms in total. The summed E-state index contributed by atoms with van der Waals surface area (Å²) in [4.78, 5) is 0. The Morgan fingerprint density at radius 3 is 2.22 bits per heavy atom. The summed E-state index contributed by atoms with van der Waals surface area (Å²) in [7, 11) is 0. The molecule has 0 N–H and O–H groups in total. The molecule has 0 heterocycles. The number of ether oxygens (including phenoxy) is 1. The summed E-state index contributed by atoms with van der Waals surface area (Å²) >= 11 is 23.8. The first-order chi connectivity index (χ1) is 8.57. The topological polar surface area (TPSA) is 9.23 Å². The summed E-state index contributed by atoms with van der Waals surface area (Å²) in [6, 6.07) is 1.55. The van der Waals surface area contributed by atoms with Gasteiger partial charge in [-0.15, -0.1) is 0 Å². The third-order valence-corrected chi connectivity index (χ3v) is 4.09. The van der Waals surface area contributed by atoms with Crippen molar-refractivity contribution in [3.8, 4) is 5.75 Å². The van der Waals surface area contributed by atoms with E-state index >= 15 is 0 Å². The SMILES string of the molecule is CCCCCCCOc1c(Cl)cc(Cl)c(Cl)c1Cl. The van der Waals surface area contributed by atoms with Crippen molar-refractivity contribution in [1.29, 1.82) is 0 Å². The van der Waals surface area contributed by atoms with Gasteiger partial charge in [0.2, 0.25) is 0 Å². The van der Waals surface area contributed by atoms with Crippen LogP contribution in [0.1, 0.15) is 39.0 Å². The molecule has 0 aliphatic rings. The average Bonchev–Trinajstić information content (AvgIpc) is 2.34. The van der Waals surface area contributed by atoms with E-state index < -0.39 is 0 Å². The normalized spacial score (nSPS) is 10.7. The van der Waals surface area contributed by atoms with Gasteiger partial charge in [-0.1, -0.05) is 79.0 Å². The van der Waals surface area contributed by atoms with Crippen LogP contribution in [0.5, 0.6) is 5.75 Å². The number of halogens is 4. The molecule has 1 aromatic carbocycles. The van der Waals surface area contributed by atoms with Crippen molar-refractivity contribution < 1.29 is 4.74 Å². The van der Waals surface area contributed by atoms with E-state index in [9.17, 15) is 0 Å². The second-order valence-electron chi connectivity index (χ2n) is 4.06. The molecule has 0 saturated heterocycles.